The Bertz CT molecular complexity index is 793. The van der Waals surface area contributed by atoms with Gasteiger partial charge < -0.3 is 20.4 Å². The average Bonchev–Trinajstić information content (AvgIpc) is 3.12. The molecule has 1 atom stereocenters. The molecule has 2 aromatic rings. The van der Waals surface area contributed by atoms with E-state index in [-0.39, 0.29) is 35.6 Å². The molecule has 0 saturated carbocycles. The van der Waals surface area contributed by atoms with E-state index in [4.69, 9.17) is 27.6 Å². The SMILES string of the molecule is C[C@@H](NC(=O)CNC(=O)CNC(=O)c1ccc(Cl)cc1Cl)c1ccco1. The van der Waals surface area contributed by atoms with Gasteiger partial charge >= 0.3 is 0 Å². The van der Waals surface area contributed by atoms with Crippen LogP contribution in [-0.4, -0.2) is 30.8 Å². The van der Waals surface area contributed by atoms with Gasteiger partial charge in [-0.15, -0.1) is 0 Å². The monoisotopic (exact) mass is 397 g/mol. The predicted octanol–water partition coefficient (Wildman–Crippen LogP) is 2.31. The number of carbonyl (C=O) groups excluding carboxylic acids is 3. The van der Waals surface area contributed by atoms with Crippen LogP contribution in [0.3, 0.4) is 0 Å². The molecule has 26 heavy (non-hydrogen) atoms. The number of hydrogen-bond donors (Lipinski definition) is 3. The number of rotatable bonds is 7. The fraction of sp³-hybridized carbons (Fsp3) is 0.235. The van der Waals surface area contributed by atoms with Crippen LogP contribution in [0.4, 0.5) is 0 Å². The van der Waals surface area contributed by atoms with Gasteiger partial charge in [0.05, 0.1) is 36.0 Å². The first-order valence-corrected chi connectivity index (χ1v) is 8.45. The second-order valence-corrected chi connectivity index (χ2v) is 6.23. The van der Waals surface area contributed by atoms with Crippen molar-refractivity contribution < 1.29 is 18.8 Å². The third-order valence-electron chi connectivity index (χ3n) is 3.38. The van der Waals surface area contributed by atoms with Crippen LogP contribution in [0.15, 0.2) is 41.0 Å². The number of furan rings is 1. The Balaban J connectivity index is 1.73. The zero-order valence-electron chi connectivity index (χ0n) is 13.8. The van der Waals surface area contributed by atoms with E-state index < -0.39 is 11.8 Å². The molecule has 7 nitrogen and oxygen atoms in total. The van der Waals surface area contributed by atoms with Crippen LogP contribution in [0.5, 0.6) is 0 Å². The Kier molecular flexibility index (Phi) is 7.06. The summed E-state index contributed by atoms with van der Waals surface area (Å²) in [7, 11) is 0. The Labute approximate surface area is 160 Å². The Hall–Kier alpha value is -2.51. The number of nitrogens with one attached hydrogen (secondary N) is 3. The first kappa shape index (κ1) is 19.8. The quantitative estimate of drug-likeness (QED) is 0.666. The van der Waals surface area contributed by atoms with Gasteiger partial charge in [-0.3, -0.25) is 14.4 Å². The molecule has 1 heterocycles. The van der Waals surface area contributed by atoms with E-state index in [1.807, 2.05) is 0 Å². The van der Waals surface area contributed by atoms with Gasteiger partial charge in [-0.25, -0.2) is 0 Å². The molecule has 9 heteroatoms. The molecule has 0 bridgehead atoms. The lowest BCUT2D eigenvalue weighted by Crippen LogP contribution is -2.42. The van der Waals surface area contributed by atoms with Gasteiger partial charge in [0.2, 0.25) is 11.8 Å². The van der Waals surface area contributed by atoms with Crippen molar-refractivity contribution in [3.63, 3.8) is 0 Å². The maximum absolute atomic E-state index is 12.0. The number of hydrogen-bond acceptors (Lipinski definition) is 4. The molecule has 0 fully saturated rings. The van der Waals surface area contributed by atoms with Gasteiger partial charge in [0.15, 0.2) is 0 Å². The Morgan fingerprint density at radius 2 is 1.81 bits per heavy atom. The van der Waals surface area contributed by atoms with Crippen LogP contribution in [0.1, 0.15) is 29.1 Å². The van der Waals surface area contributed by atoms with Gasteiger partial charge in [-0.05, 0) is 37.3 Å². The summed E-state index contributed by atoms with van der Waals surface area (Å²) in [6.07, 6.45) is 1.51. The standard InChI is InChI=1S/C17H17Cl2N3O4/c1-10(14-3-2-6-26-14)22-16(24)9-20-15(23)8-21-17(25)12-5-4-11(18)7-13(12)19/h2-7,10H,8-9H2,1H3,(H,20,23)(H,21,25)(H,22,24)/t10-/m1/s1. The van der Waals surface area contributed by atoms with E-state index in [9.17, 15) is 14.4 Å². The third kappa shape index (κ3) is 5.79. The molecule has 0 aliphatic heterocycles. The van der Waals surface area contributed by atoms with Gasteiger partial charge in [-0.2, -0.15) is 0 Å². The van der Waals surface area contributed by atoms with Crippen molar-refractivity contribution in [2.24, 2.45) is 0 Å². The highest BCUT2D eigenvalue weighted by molar-refractivity contribution is 6.36. The largest absolute Gasteiger partial charge is 0.467 e. The molecule has 1 aromatic carbocycles. The van der Waals surface area contributed by atoms with Crippen LogP contribution < -0.4 is 16.0 Å². The molecule has 1 aromatic heterocycles. The lowest BCUT2D eigenvalue weighted by Gasteiger charge is -2.12. The maximum Gasteiger partial charge on any atom is 0.253 e. The molecule has 0 saturated heterocycles. The number of halogens is 2. The van der Waals surface area contributed by atoms with Crippen LogP contribution in [-0.2, 0) is 9.59 Å². The lowest BCUT2D eigenvalue weighted by molar-refractivity contribution is -0.125. The summed E-state index contributed by atoms with van der Waals surface area (Å²) in [6.45, 7) is 1.24. The van der Waals surface area contributed by atoms with Crippen molar-refractivity contribution in [2.75, 3.05) is 13.1 Å². The van der Waals surface area contributed by atoms with E-state index in [0.29, 0.717) is 10.8 Å². The minimum atomic E-state index is -0.516. The molecule has 3 amide bonds. The predicted molar refractivity (Wildman–Crippen MR) is 97.1 cm³/mol. The summed E-state index contributed by atoms with van der Waals surface area (Å²) in [6, 6.07) is 7.55. The maximum atomic E-state index is 12.0. The fourth-order valence-electron chi connectivity index (χ4n) is 2.07. The molecule has 0 spiro atoms. The normalized spacial score (nSPS) is 11.5. The minimum absolute atomic E-state index is 0.182. The second kappa shape index (κ2) is 9.26. The first-order valence-electron chi connectivity index (χ1n) is 7.69. The van der Waals surface area contributed by atoms with Crippen LogP contribution in [0.25, 0.3) is 0 Å². The fourth-order valence-corrected chi connectivity index (χ4v) is 2.57. The van der Waals surface area contributed by atoms with Gasteiger partial charge in [-0.1, -0.05) is 23.2 Å². The topological polar surface area (TPSA) is 100 Å². The van der Waals surface area contributed by atoms with Crippen molar-refractivity contribution in [1.82, 2.24) is 16.0 Å². The van der Waals surface area contributed by atoms with Crippen molar-refractivity contribution in [3.05, 3.63) is 58.0 Å². The second-order valence-electron chi connectivity index (χ2n) is 5.39. The first-order chi connectivity index (χ1) is 12.4. The molecule has 3 N–H and O–H groups in total. The molecule has 0 unspecified atom stereocenters. The highest BCUT2D eigenvalue weighted by Gasteiger charge is 2.14. The van der Waals surface area contributed by atoms with Crippen molar-refractivity contribution >= 4 is 40.9 Å². The summed E-state index contributed by atoms with van der Waals surface area (Å²) in [5, 5.41) is 8.09. The van der Waals surface area contributed by atoms with Crippen molar-refractivity contribution in [1.29, 1.82) is 0 Å². The Morgan fingerprint density at radius 3 is 2.46 bits per heavy atom. The average molecular weight is 398 g/mol. The third-order valence-corrected chi connectivity index (χ3v) is 3.93. The van der Waals surface area contributed by atoms with E-state index in [2.05, 4.69) is 16.0 Å². The number of carbonyl (C=O) groups is 3. The number of benzene rings is 1. The van der Waals surface area contributed by atoms with E-state index in [1.165, 1.54) is 24.5 Å². The van der Waals surface area contributed by atoms with Gasteiger partial charge in [0.1, 0.15) is 5.76 Å². The molecular weight excluding hydrogens is 381 g/mol. The number of amides is 3. The van der Waals surface area contributed by atoms with Crippen molar-refractivity contribution in [2.45, 2.75) is 13.0 Å². The summed E-state index contributed by atoms with van der Waals surface area (Å²) in [5.74, 6) is -0.798. The molecule has 0 radical (unpaired) electrons. The summed E-state index contributed by atoms with van der Waals surface area (Å²) < 4.78 is 5.18. The molecule has 0 aliphatic carbocycles. The minimum Gasteiger partial charge on any atom is -0.467 e. The van der Waals surface area contributed by atoms with E-state index in [0.717, 1.165) is 0 Å². The van der Waals surface area contributed by atoms with Gasteiger partial charge in [0.25, 0.3) is 5.91 Å². The van der Waals surface area contributed by atoms with Crippen LogP contribution in [0.2, 0.25) is 10.0 Å². The Morgan fingerprint density at radius 1 is 1.08 bits per heavy atom. The summed E-state index contributed by atoms with van der Waals surface area (Å²) in [5.41, 5.74) is 0.203. The molecule has 2 rings (SSSR count). The highest BCUT2D eigenvalue weighted by atomic mass is 35.5. The smallest absolute Gasteiger partial charge is 0.253 e. The summed E-state index contributed by atoms with van der Waals surface area (Å²) in [4.78, 5) is 35.6. The van der Waals surface area contributed by atoms with Crippen LogP contribution in [0, 0.1) is 0 Å². The summed E-state index contributed by atoms with van der Waals surface area (Å²) >= 11 is 11.7. The zero-order valence-corrected chi connectivity index (χ0v) is 15.4. The van der Waals surface area contributed by atoms with E-state index in [1.54, 1.807) is 19.1 Å². The molecule has 0 aliphatic rings. The molecule has 138 valence electrons. The molecular formula is C17H17Cl2N3O4. The lowest BCUT2D eigenvalue weighted by atomic mass is 10.2. The highest BCUT2D eigenvalue weighted by Crippen LogP contribution is 2.20. The van der Waals surface area contributed by atoms with E-state index >= 15 is 0 Å². The van der Waals surface area contributed by atoms with Crippen molar-refractivity contribution in [3.8, 4) is 0 Å². The zero-order chi connectivity index (χ0) is 19.1. The van der Waals surface area contributed by atoms with Crippen LogP contribution >= 0.6 is 23.2 Å². The van der Waals surface area contributed by atoms with Gasteiger partial charge in [0, 0.05) is 5.02 Å².